The number of rotatable bonds is 6. The Morgan fingerprint density at radius 1 is 1.43 bits per heavy atom. The van der Waals surface area contributed by atoms with Crippen molar-refractivity contribution in [2.45, 2.75) is 26.3 Å². The molecule has 4 nitrogen and oxygen atoms in total. The van der Waals surface area contributed by atoms with Crippen LogP contribution in [0, 0.1) is 6.92 Å². The Morgan fingerprint density at radius 2 is 2.19 bits per heavy atom. The van der Waals surface area contributed by atoms with E-state index in [2.05, 4.69) is 24.3 Å². The Balaban J connectivity index is 2.52. The fourth-order valence-corrected chi connectivity index (χ4v) is 2.66. The second-order valence-electron chi connectivity index (χ2n) is 5.11. The summed E-state index contributed by atoms with van der Waals surface area (Å²) in [5.74, 6) is 0.783. The first-order valence-corrected chi connectivity index (χ1v) is 7.51. The lowest BCUT2D eigenvalue weighted by atomic mass is 9.98. The Hall–Kier alpha value is -1.52. The fraction of sp³-hybridized carbons (Fsp3) is 0.438. The summed E-state index contributed by atoms with van der Waals surface area (Å²) in [5, 5.41) is 8.62. The molecule has 0 saturated carbocycles. The van der Waals surface area contributed by atoms with E-state index in [-0.39, 0.29) is 6.04 Å². The summed E-state index contributed by atoms with van der Waals surface area (Å²) < 4.78 is 7.32. The smallest absolute Gasteiger partial charge is 0.161 e. The number of hydrogen-bond acceptors (Lipinski definition) is 3. The standard InChI is InChI=1S/C16H22ClN3O/c1-5-8-18-15(13-9-12(17)7-6-11(13)2)16-14(21-4)10-19-20(16)3/h6-7,9-10,15,18H,5,8H2,1-4H3. The van der Waals surface area contributed by atoms with Gasteiger partial charge in [0.2, 0.25) is 0 Å². The van der Waals surface area contributed by atoms with Crippen LogP contribution in [0.1, 0.15) is 36.2 Å². The van der Waals surface area contributed by atoms with Crippen LogP contribution < -0.4 is 10.1 Å². The van der Waals surface area contributed by atoms with Gasteiger partial charge in [-0.25, -0.2) is 0 Å². The van der Waals surface area contributed by atoms with Crippen molar-refractivity contribution in [1.82, 2.24) is 15.1 Å². The molecule has 114 valence electrons. The van der Waals surface area contributed by atoms with Crippen LogP contribution in [-0.2, 0) is 7.05 Å². The van der Waals surface area contributed by atoms with Gasteiger partial charge in [-0.05, 0) is 43.1 Å². The van der Waals surface area contributed by atoms with Crippen molar-refractivity contribution in [3.8, 4) is 5.75 Å². The number of ether oxygens (including phenoxy) is 1. The van der Waals surface area contributed by atoms with Crippen molar-refractivity contribution in [3.63, 3.8) is 0 Å². The van der Waals surface area contributed by atoms with Gasteiger partial charge in [-0.3, -0.25) is 4.68 Å². The summed E-state index contributed by atoms with van der Waals surface area (Å²) in [6, 6.07) is 5.97. The van der Waals surface area contributed by atoms with Gasteiger partial charge in [-0.2, -0.15) is 5.10 Å². The van der Waals surface area contributed by atoms with E-state index in [1.807, 2.05) is 29.9 Å². The number of aryl methyl sites for hydroxylation is 2. The zero-order valence-electron chi connectivity index (χ0n) is 13.0. The van der Waals surface area contributed by atoms with Crippen LogP contribution in [0.2, 0.25) is 5.02 Å². The number of aromatic nitrogens is 2. The van der Waals surface area contributed by atoms with Gasteiger partial charge in [0.15, 0.2) is 5.75 Å². The van der Waals surface area contributed by atoms with Gasteiger partial charge in [0.25, 0.3) is 0 Å². The lowest BCUT2D eigenvalue weighted by Crippen LogP contribution is -2.26. The molecule has 0 aliphatic rings. The molecule has 2 rings (SSSR count). The van der Waals surface area contributed by atoms with E-state index in [0.29, 0.717) is 0 Å². The lowest BCUT2D eigenvalue weighted by Gasteiger charge is -2.22. The Morgan fingerprint density at radius 3 is 2.86 bits per heavy atom. The van der Waals surface area contributed by atoms with Crippen molar-refractivity contribution >= 4 is 11.6 Å². The number of benzene rings is 1. The molecule has 1 heterocycles. The van der Waals surface area contributed by atoms with Crippen LogP contribution in [0.5, 0.6) is 5.75 Å². The van der Waals surface area contributed by atoms with E-state index in [9.17, 15) is 0 Å². The molecule has 0 aliphatic carbocycles. The van der Waals surface area contributed by atoms with E-state index in [4.69, 9.17) is 16.3 Å². The highest BCUT2D eigenvalue weighted by atomic mass is 35.5. The highest BCUT2D eigenvalue weighted by Gasteiger charge is 2.23. The molecular formula is C16H22ClN3O. The number of hydrogen-bond donors (Lipinski definition) is 1. The molecule has 5 heteroatoms. The molecule has 0 spiro atoms. The van der Waals surface area contributed by atoms with Gasteiger partial charge >= 0.3 is 0 Å². The number of halogens is 1. The predicted octanol–water partition coefficient (Wildman–Crippen LogP) is 3.48. The monoisotopic (exact) mass is 307 g/mol. The van der Waals surface area contributed by atoms with E-state index >= 15 is 0 Å². The van der Waals surface area contributed by atoms with E-state index in [1.54, 1.807) is 13.3 Å². The summed E-state index contributed by atoms with van der Waals surface area (Å²) in [4.78, 5) is 0. The molecule has 1 aromatic heterocycles. The maximum Gasteiger partial charge on any atom is 0.161 e. The van der Waals surface area contributed by atoms with Crippen molar-refractivity contribution < 1.29 is 4.74 Å². The summed E-state index contributed by atoms with van der Waals surface area (Å²) in [6.45, 7) is 5.15. The predicted molar refractivity (Wildman–Crippen MR) is 86.1 cm³/mol. The van der Waals surface area contributed by atoms with E-state index in [0.717, 1.165) is 35.0 Å². The Labute approximate surface area is 131 Å². The van der Waals surface area contributed by atoms with Crippen LogP contribution in [0.4, 0.5) is 0 Å². The van der Waals surface area contributed by atoms with Crippen molar-refractivity contribution in [2.75, 3.05) is 13.7 Å². The van der Waals surface area contributed by atoms with Gasteiger partial charge < -0.3 is 10.1 Å². The average Bonchev–Trinajstić information content (AvgIpc) is 2.84. The molecule has 21 heavy (non-hydrogen) atoms. The topological polar surface area (TPSA) is 39.1 Å². The van der Waals surface area contributed by atoms with Crippen LogP contribution in [0.15, 0.2) is 24.4 Å². The van der Waals surface area contributed by atoms with Crippen molar-refractivity contribution in [2.24, 2.45) is 7.05 Å². The van der Waals surface area contributed by atoms with Crippen molar-refractivity contribution in [1.29, 1.82) is 0 Å². The third kappa shape index (κ3) is 3.39. The average molecular weight is 308 g/mol. The highest BCUT2D eigenvalue weighted by Crippen LogP contribution is 2.32. The molecule has 1 atom stereocenters. The molecule has 1 N–H and O–H groups in total. The van der Waals surface area contributed by atoms with E-state index in [1.165, 1.54) is 5.56 Å². The third-order valence-electron chi connectivity index (χ3n) is 3.59. The summed E-state index contributed by atoms with van der Waals surface area (Å²) >= 11 is 6.19. The van der Waals surface area contributed by atoms with Gasteiger partial charge in [-0.1, -0.05) is 24.6 Å². The molecule has 0 aliphatic heterocycles. The highest BCUT2D eigenvalue weighted by molar-refractivity contribution is 6.30. The zero-order valence-corrected chi connectivity index (χ0v) is 13.7. The molecule has 1 aromatic carbocycles. The summed E-state index contributed by atoms with van der Waals surface area (Å²) in [6.07, 6.45) is 2.80. The zero-order chi connectivity index (χ0) is 15.4. The number of nitrogens with zero attached hydrogens (tertiary/aromatic N) is 2. The maximum atomic E-state index is 6.19. The molecule has 0 amide bonds. The maximum absolute atomic E-state index is 6.19. The Bertz CT molecular complexity index is 610. The largest absolute Gasteiger partial charge is 0.493 e. The van der Waals surface area contributed by atoms with Crippen molar-refractivity contribution in [3.05, 3.63) is 46.2 Å². The molecular weight excluding hydrogens is 286 g/mol. The minimum atomic E-state index is 0.00565. The van der Waals surface area contributed by atoms with Gasteiger partial charge in [0.1, 0.15) is 5.69 Å². The molecule has 0 bridgehead atoms. The van der Waals surface area contributed by atoms with Gasteiger partial charge in [0, 0.05) is 12.1 Å². The quantitative estimate of drug-likeness (QED) is 0.888. The first-order valence-electron chi connectivity index (χ1n) is 7.13. The first-order chi connectivity index (χ1) is 10.1. The summed E-state index contributed by atoms with van der Waals surface area (Å²) in [5.41, 5.74) is 3.35. The van der Waals surface area contributed by atoms with E-state index < -0.39 is 0 Å². The van der Waals surface area contributed by atoms with Gasteiger partial charge in [0.05, 0.1) is 19.3 Å². The normalized spacial score (nSPS) is 12.4. The molecule has 0 fully saturated rings. The molecule has 1 unspecified atom stereocenters. The molecule has 0 saturated heterocycles. The number of methoxy groups -OCH3 is 1. The van der Waals surface area contributed by atoms with Crippen LogP contribution in [0.25, 0.3) is 0 Å². The molecule has 0 radical (unpaired) electrons. The SMILES string of the molecule is CCCNC(c1cc(Cl)ccc1C)c1c(OC)cnn1C. The van der Waals surface area contributed by atoms with Crippen LogP contribution in [-0.4, -0.2) is 23.4 Å². The summed E-state index contributed by atoms with van der Waals surface area (Å²) in [7, 11) is 3.60. The second kappa shape index (κ2) is 6.96. The second-order valence-corrected chi connectivity index (χ2v) is 5.55. The van der Waals surface area contributed by atoms with Gasteiger partial charge in [-0.15, -0.1) is 0 Å². The third-order valence-corrected chi connectivity index (χ3v) is 3.83. The number of nitrogens with one attached hydrogen (secondary N) is 1. The lowest BCUT2D eigenvalue weighted by molar-refractivity contribution is 0.400. The van der Waals surface area contributed by atoms with Crippen LogP contribution in [0.3, 0.4) is 0 Å². The Kier molecular flexibility index (Phi) is 5.26. The minimum Gasteiger partial charge on any atom is -0.493 e. The minimum absolute atomic E-state index is 0.00565. The first kappa shape index (κ1) is 15.9. The fourth-order valence-electron chi connectivity index (χ4n) is 2.48. The molecule has 2 aromatic rings. The van der Waals surface area contributed by atoms with Crippen LogP contribution >= 0.6 is 11.6 Å².